The van der Waals surface area contributed by atoms with E-state index in [1.54, 1.807) is 7.11 Å². The zero-order valence-electron chi connectivity index (χ0n) is 9.75. The molecule has 0 aliphatic carbocycles. The van der Waals surface area contributed by atoms with Gasteiger partial charge in [0.05, 0.1) is 12.8 Å². The third kappa shape index (κ3) is 2.68. The van der Waals surface area contributed by atoms with Crippen molar-refractivity contribution >= 4 is 15.9 Å². The van der Waals surface area contributed by atoms with Crippen LogP contribution in [0.4, 0.5) is 0 Å². The molecule has 0 bridgehead atoms. The van der Waals surface area contributed by atoms with E-state index in [0.29, 0.717) is 0 Å². The van der Waals surface area contributed by atoms with Gasteiger partial charge in [0.15, 0.2) is 0 Å². The summed E-state index contributed by atoms with van der Waals surface area (Å²) in [7, 11) is 3.56. The minimum atomic E-state index is 0.767. The number of aromatic nitrogens is 2. The Hall–Kier alpha value is -1.33. The Bertz CT molecular complexity index is 510. The molecular weight excluding hydrogens is 282 g/mol. The van der Waals surface area contributed by atoms with E-state index in [1.807, 2.05) is 31.3 Å². The number of H-pyrrole nitrogens is 1. The Morgan fingerprint density at radius 3 is 2.94 bits per heavy atom. The summed E-state index contributed by atoms with van der Waals surface area (Å²) < 4.78 is 6.34. The van der Waals surface area contributed by atoms with Gasteiger partial charge < -0.3 is 10.1 Å². The predicted molar refractivity (Wildman–Crippen MR) is 71.0 cm³/mol. The lowest BCUT2D eigenvalue weighted by molar-refractivity contribution is 0.416. The minimum absolute atomic E-state index is 0.767. The highest BCUT2D eigenvalue weighted by molar-refractivity contribution is 9.10. The van der Waals surface area contributed by atoms with Crippen LogP contribution in [-0.2, 0) is 6.54 Å². The number of rotatable bonds is 4. The molecule has 5 heteroatoms. The molecular formula is C12H14BrN3O. The highest BCUT2D eigenvalue weighted by Crippen LogP contribution is 2.31. The van der Waals surface area contributed by atoms with Gasteiger partial charge in [0.25, 0.3) is 0 Å². The van der Waals surface area contributed by atoms with Crippen molar-refractivity contribution in [3.8, 4) is 17.0 Å². The lowest BCUT2D eigenvalue weighted by Crippen LogP contribution is -2.04. The van der Waals surface area contributed by atoms with Crippen molar-refractivity contribution in [3.05, 3.63) is 34.4 Å². The van der Waals surface area contributed by atoms with E-state index in [2.05, 4.69) is 31.4 Å². The molecule has 1 aromatic heterocycles. The van der Waals surface area contributed by atoms with Crippen LogP contribution in [0.3, 0.4) is 0 Å². The molecule has 0 aliphatic heterocycles. The lowest BCUT2D eigenvalue weighted by Gasteiger charge is -2.06. The van der Waals surface area contributed by atoms with Gasteiger partial charge in [0, 0.05) is 22.3 Å². The number of hydrogen-bond acceptors (Lipinski definition) is 3. The number of nitrogens with one attached hydrogen (secondary N) is 2. The Balaban J connectivity index is 2.40. The molecule has 0 atom stereocenters. The van der Waals surface area contributed by atoms with Gasteiger partial charge in [-0.3, -0.25) is 5.10 Å². The Kier molecular flexibility index (Phi) is 3.81. The van der Waals surface area contributed by atoms with Crippen LogP contribution < -0.4 is 10.1 Å². The van der Waals surface area contributed by atoms with Gasteiger partial charge in [-0.15, -0.1) is 0 Å². The number of halogens is 1. The number of hydrogen-bond donors (Lipinski definition) is 2. The van der Waals surface area contributed by atoms with Crippen molar-refractivity contribution < 1.29 is 4.74 Å². The fourth-order valence-corrected chi connectivity index (χ4v) is 2.02. The standard InChI is InChI=1S/C12H14BrN3O/c1-14-7-9-6-11(16-15-9)10-5-8(13)3-4-12(10)17-2/h3-6,14H,7H2,1-2H3,(H,15,16). The van der Waals surface area contributed by atoms with Crippen molar-refractivity contribution in [3.63, 3.8) is 0 Å². The van der Waals surface area contributed by atoms with Crippen LogP contribution in [0.15, 0.2) is 28.7 Å². The molecule has 0 saturated heterocycles. The first-order valence-electron chi connectivity index (χ1n) is 5.27. The topological polar surface area (TPSA) is 49.9 Å². The third-order valence-electron chi connectivity index (χ3n) is 2.44. The van der Waals surface area contributed by atoms with Gasteiger partial charge in [-0.05, 0) is 31.3 Å². The second-order valence-electron chi connectivity index (χ2n) is 3.65. The number of aromatic amines is 1. The summed E-state index contributed by atoms with van der Waals surface area (Å²) in [6.45, 7) is 0.767. The first-order valence-corrected chi connectivity index (χ1v) is 6.06. The second kappa shape index (κ2) is 5.33. The van der Waals surface area contributed by atoms with E-state index in [9.17, 15) is 0 Å². The minimum Gasteiger partial charge on any atom is -0.496 e. The van der Waals surface area contributed by atoms with Crippen LogP contribution in [0.1, 0.15) is 5.69 Å². The van der Waals surface area contributed by atoms with Gasteiger partial charge in [0.1, 0.15) is 5.75 Å². The largest absolute Gasteiger partial charge is 0.496 e. The molecule has 1 aromatic carbocycles. The molecule has 0 saturated carbocycles. The smallest absolute Gasteiger partial charge is 0.128 e. The number of ether oxygens (including phenoxy) is 1. The maximum absolute atomic E-state index is 5.33. The fourth-order valence-electron chi connectivity index (χ4n) is 1.66. The monoisotopic (exact) mass is 295 g/mol. The van der Waals surface area contributed by atoms with Crippen LogP contribution in [0.5, 0.6) is 5.75 Å². The molecule has 90 valence electrons. The average Bonchev–Trinajstić information content (AvgIpc) is 2.78. The molecule has 0 radical (unpaired) electrons. The van der Waals surface area contributed by atoms with Crippen LogP contribution in [0.25, 0.3) is 11.3 Å². The van der Waals surface area contributed by atoms with Crippen molar-refractivity contribution in [1.82, 2.24) is 15.5 Å². The second-order valence-corrected chi connectivity index (χ2v) is 4.57. The molecule has 17 heavy (non-hydrogen) atoms. The van der Waals surface area contributed by atoms with E-state index in [1.165, 1.54) is 0 Å². The Morgan fingerprint density at radius 1 is 1.41 bits per heavy atom. The van der Waals surface area contributed by atoms with Crippen molar-refractivity contribution in [2.24, 2.45) is 0 Å². The summed E-state index contributed by atoms with van der Waals surface area (Å²) in [6.07, 6.45) is 0. The maximum atomic E-state index is 5.33. The zero-order chi connectivity index (χ0) is 12.3. The molecule has 2 rings (SSSR count). The average molecular weight is 296 g/mol. The summed E-state index contributed by atoms with van der Waals surface area (Å²) >= 11 is 3.45. The fraction of sp³-hybridized carbons (Fsp3) is 0.250. The van der Waals surface area contributed by atoms with Gasteiger partial charge in [-0.2, -0.15) is 5.10 Å². The Morgan fingerprint density at radius 2 is 2.24 bits per heavy atom. The van der Waals surface area contributed by atoms with Gasteiger partial charge in [-0.25, -0.2) is 0 Å². The van der Waals surface area contributed by atoms with E-state index in [0.717, 1.165) is 33.7 Å². The predicted octanol–water partition coefficient (Wildman–Crippen LogP) is 2.57. The molecule has 0 spiro atoms. The van der Waals surface area contributed by atoms with E-state index in [-0.39, 0.29) is 0 Å². The first kappa shape index (κ1) is 12.1. The number of methoxy groups -OCH3 is 1. The Labute approximate surface area is 109 Å². The van der Waals surface area contributed by atoms with Gasteiger partial charge in [-0.1, -0.05) is 15.9 Å². The molecule has 0 fully saturated rings. The lowest BCUT2D eigenvalue weighted by atomic mass is 10.1. The summed E-state index contributed by atoms with van der Waals surface area (Å²) in [5.41, 5.74) is 2.90. The normalized spacial score (nSPS) is 10.5. The molecule has 0 aliphatic rings. The van der Waals surface area contributed by atoms with E-state index >= 15 is 0 Å². The van der Waals surface area contributed by atoms with Crippen molar-refractivity contribution in [1.29, 1.82) is 0 Å². The molecule has 1 heterocycles. The van der Waals surface area contributed by atoms with E-state index in [4.69, 9.17) is 4.74 Å². The summed E-state index contributed by atoms with van der Waals surface area (Å²) in [5.74, 6) is 0.815. The number of benzene rings is 1. The van der Waals surface area contributed by atoms with Crippen LogP contribution in [0.2, 0.25) is 0 Å². The molecule has 4 nitrogen and oxygen atoms in total. The van der Waals surface area contributed by atoms with Gasteiger partial charge >= 0.3 is 0 Å². The summed E-state index contributed by atoms with van der Waals surface area (Å²) in [6, 6.07) is 7.88. The third-order valence-corrected chi connectivity index (χ3v) is 2.93. The molecule has 0 unspecified atom stereocenters. The first-order chi connectivity index (χ1) is 8.24. The molecule has 2 N–H and O–H groups in total. The highest BCUT2D eigenvalue weighted by Gasteiger charge is 2.10. The van der Waals surface area contributed by atoms with Crippen LogP contribution in [-0.4, -0.2) is 24.4 Å². The zero-order valence-corrected chi connectivity index (χ0v) is 11.3. The SMILES string of the molecule is CNCc1cc(-c2cc(Br)ccc2OC)n[nH]1. The molecule has 0 amide bonds. The summed E-state index contributed by atoms with van der Waals surface area (Å²) in [5, 5.41) is 10.4. The van der Waals surface area contributed by atoms with Gasteiger partial charge in [0.2, 0.25) is 0 Å². The maximum Gasteiger partial charge on any atom is 0.128 e. The highest BCUT2D eigenvalue weighted by atomic mass is 79.9. The van der Waals surface area contributed by atoms with Crippen molar-refractivity contribution in [2.75, 3.05) is 14.2 Å². The van der Waals surface area contributed by atoms with Crippen LogP contribution >= 0.6 is 15.9 Å². The molecule has 2 aromatic rings. The summed E-state index contributed by atoms with van der Waals surface area (Å²) in [4.78, 5) is 0. The van der Waals surface area contributed by atoms with Crippen LogP contribution in [0, 0.1) is 0 Å². The number of nitrogens with zero attached hydrogens (tertiary/aromatic N) is 1. The van der Waals surface area contributed by atoms with E-state index < -0.39 is 0 Å². The van der Waals surface area contributed by atoms with Crippen molar-refractivity contribution in [2.45, 2.75) is 6.54 Å². The quantitative estimate of drug-likeness (QED) is 0.911.